The molecular weight excluding hydrogens is 280 g/mol. The molecule has 2 aromatic rings. The molecule has 1 N–H and O–H groups in total. The number of rotatable bonds is 5. The van der Waals surface area contributed by atoms with Gasteiger partial charge in [0.15, 0.2) is 0 Å². The summed E-state index contributed by atoms with van der Waals surface area (Å²) in [6.07, 6.45) is 3.45. The molecule has 0 radical (unpaired) electrons. The third-order valence-corrected chi connectivity index (χ3v) is 3.66. The number of hydrogen-bond donors (Lipinski definition) is 1. The second kappa shape index (κ2) is 7.16. The van der Waals surface area contributed by atoms with Crippen LogP contribution >= 0.6 is 23.4 Å². The first-order valence-electron chi connectivity index (χ1n) is 5.78. The molecule has 0 bridgehead atoms. The molecule has 0 aliphatic rings. The van der Waals surface area contributed by atoms with Crippen LogP contribution in [0.2, 0.25) is 5.02 Å². The first-order chi connectivity index (χ1) is 9.24. The summed E-state index contributed by atoms with van der Waals surface area (Å²) in [4.78, 5) is 16.7. The van der Waals surface area contributed by atoms with Crippen LogP contribution in [0.15, 0.2) is 53.7 Å². The van der Waals surface area contributed by atoms with Gasteiger partial charge in [0.2, 0.25) is 5.91 Å². The Morgan fingerprint density at radius 1 is 1.26 bits per heavy atom. The molecule has 0 unspecified atom stereocenters. The Hall–Kier alpha value is -1.52. The van der Waals surface area contributed by atoms with Crippen molar-refractivity contribution in [3.05, 3.63) is 59.4 Å². The van der Waals surface area contributed by atoms with Crippen molar-refractivity contribution in [1.29, 1.82) is 0 Å². The van der Waals surface area contributed by atoms with Crippen LogP contribution in [0.5, 0.6) is 0 Å². The molecule has 2 rings (SSSR count). The van der Waals surface area contributed by atoms with Crippen LogP contribution in [0, 0.1) is 0 Å². The molecular formula is C14H13ClN2OS. The summed E-state index contributed by atoms with van der Waals surface area (Å²) in [5.41, 5.74) is 0.993. The van der Waals surface area contributed by atoms with Gasteiger partial charge in [-0.25, -0.2) is 0 Å². The highest BCUT2D eigenvalue weighted by Gasteiger charge is 2.03. The first-order valence-corrected chi connectivity index (χ1v) is 7.14. The number of halogens is 1. The Morgan fingerprint density at radius 3 is 2.74 bits per heavy atom. The summed E-state index contributed by atoms with van der Waals surface area (Å²) in [6, 6.07) is 11.2. The lowest BCUT2D eigenvalue weighted by Gasteiger charge is -2.05. The van der Waals surface area contributed by atoms with Gasteiger partial charge in [0.25, 0.3) is 0 Å². The summed E-state index contributed by atoms with van der Waals surface area (Å²) in [5.74, 6) is 0.394. The summed E-state index contributed by atoms with van der Waals surface area (Å²) in [6.45, 7) is 0.508. The van der Waals surface area contributed by atoms with E-state index < -0.39 is 0 Å². The van der Waals surface area contributed by atoms with Gasteiger partial charge in [-0.2, -0.15) is 0 Å². The molecule has 0 aliphatic heterocycles. The average molecular weight is 293 g/mol. The van der Waals surface area contributed by atoms with Crippen LogP contribution in [0.1, 0.15) is 5.56 Å². The number of carbonyl (C=O) groups is 1. The molecule has 5 heteroatoms. The first kappa shape index (κ1) is 13.9. The fraction of sp³-hybridized carbons (Fsp3) is 0.143. The van der Waals surface area contributed by atoms with Crippen LogP contribution in [-0.2, 0) is 11.3 Å². The van der Waals surface area contributed by atoms with E-state index in [4.69, 9.17) is 11.6 Å². The molecule has 0 fully saturated rings. The standard InChI is InChI=1S/C14H13ClN2OS/c15-12-3-5-13(6-4-12)19-10-14(18)17-9-11-2-1-7-16-8-11/h1-8H,9-10H2,(H,17,18). The van der Waals surface area contributed by atoms with Gasteiger partial charge in [0.05, 0.1) is 5.75 Å². The van der Waals surface area contributed by atoms with Gasteiger partial charge in [-0.05, 0) is 35.9 Å². The Labute approximate surface area is 121 Å². The van der Waals surface area contributed by atoms with Crippen molar-refractivity contribution in [2.45, 2.75) is 11.4 Å². The molecule has 3 nitrogen and oxygen atoms in total. The highest BCUT2D eigenvalue weighted by molar-refractivity contribution is 8.00. The fourth-order valence-electron chi connectivity index (χ4n) is 1.43. The third-order valence-electron chi connectivity index (χ3n) is 2.40. The van der Waals surface area contributed by atoms with Crippen molar-refractivity contribution in [1.82, 2.24) is 10.3 Å². The Kier molecular flexibility index (Phi) is 5.24. The van der Waals surface area contributed by atoms with Gasteiger partial charge in [0.1, 0.15) is 0 Å². The smallest absolute Gasteiger partial charge is 0.230 e. The van der Waals surface area contributed by atoms with E-state index in [2.05, 4.69) is 10.3 Å². The van der Waals surface area contributed by atoms with Crippen molar-refractivity contribution < 1.29 is 4.79 Å². The lowest BCUT2D eigenvalue weighted by atomic mass is 10.3. The number of amides is 1. The number of pyridine rings is 1. The lowest BCUT2D eigenvalue weighted by Crippen LogP contribution is -2.24. The van der Waals surface area contributed by atoms with Crippen LogP contribution in [0.3, 0.4) is 0 Å². The Bertz CT molecular complexity index is 531. The molecule has 1 aromatic heterocycles. The maximum Gasteiger partial charge on any atom is 0.230 e. The number of benzene rings is 1. The second-order valence-corrected chi connectivity index (χ2v) is 5.37. The molecule has 0 atom stereocenters. The largest absolute Gasteiger partial charge is 0.351 e. The summed E-state index contributed by atoms with van der Waals surface area (Å²) in [7, 11) is 0. The highest BCUT2D eigenvalue weighted by atomic mass is 35.5. The zero-order chi connectivity index (χ0) is 13.5. The van der Waals surface area contributed by atoms with E-state index in [-0.39, 0.29) is 5.91 Å². The minimum atomic E-state index is 0.00352. The minimum absolute atomic E-state index is 0.00352. The quantitative estimate of drug-likeness (QED) is 0.861. The summed E-state index contributed by atoms with van der Waals surface area (Å²) >= 11 is 7.28. The van der Waals surface area contributed by atoms with Gasteiger partial charge in [-0.1, -0.05) is 17.7 Å². The minimum Gasteiger partial charge on any atom is -0.351 e. The van der Waals surface area contributed by atoms with Crippen LogP contribution in [-0.4, -0.2) is 16.6 Å². The average Bonchev–Trinajstić information content (AvgIpc) is 2.45. The van der Waals surface area contributed by atoms with E-state index >= 15 is 0 Å². The summed E-state index contributed by atoms with van der Waals surface area (Å²) in [5, 5.41) is 3.55. The number of nitrogens with one attached hydrogen (secondary N) is 1. The predicted octanol–water partition coefficient (Wildman–Crippen LogP) is 3.14. The molecule has 0 saturated heterocycles. The van der Waals surface area contributed by atoms with Crippen molar-refractivity contribution in [3.8, 4) is 0 Å². The monoisotopic (exact) mass is 292 g/mol. The van der Waals surface area contributed by atoms with Gasteiger partial charge in [-0.3, -0.25) is 9.78 Å². The highest BCUT2D eigenvalue weighted by Crippen LogP contribution is 2.19. The zero-order valence-electron chi connectivity index (χ0n) is 10.2. The molecule has 19 heavy (non-hydrogen) atoms. The maximum atomic E-state index is 11.7. The van der Waals surface area contributed by atoms with Gasteiger partial charge < -0.3 is 5.32 Å². The molecule has 1 amide bonds. The van der Waals surface area contributed by atoms with Crippen LogP contribution in [0.4, 0.5) is 0 Å². The van der Waals surface area contributed by atoms with Gasteiger partial charge >= 0.3 is 0 Å². The number of carbonyl (C=O) groups excluding carboxylic acids is 1. The third kappa shape index (κ3) is 4.93. The number of aromatic nitrogens is 1. The van der Waals surface area contributed by atoms with Crippen molar-refractivity contribution in [3.63, 3.8) is 0 Å². The number of nitrogens with zero attached hydrogens (tertiary/aromatic N) is 1. The topological polar surface area (TPSA) is 42.0 Å². The summed E-state index contributed by atoms with van der Waals surface area (Å²) < 4.78 is 0. The molecule has 0 spiro atoms. The van der Waals surface area contributed by atoms with E-state index in [0.717, 1.165) is 10.5 Å². The van der Waals surface area contributed by atoms with E-state index in [1.54, 1.807) is 12.4 Å². The number of hydrogen-bond acceptors (Lipinski definition) is 3. The van der Waals surface area contributed by atoms with Crippen molar-refractivity contribution >= 4 is 29.3 Å². The van der Waals surface area contributed by atoms with E-state index in [0.29, 0.717) is 17.3 Å². The zero-order valence-corrected chi connectivity index (χ0v) is 11.7. The molecule has 0 saturated carbocycles. The van der Waals surface area contributed by atoms with Crippen LogP contribution < -0.4 is 5.32 Å². The Balaban J connectivity index is 1.74. The Morgan fingerprint density at radius 2 is 2.05 bits per heavy atom. The van der Waals surface area contributed by atoms with Crippen molar-refractivity contribution in [2.24, 2.45) is 0 Å². The van der Waals surface area contributed by atoms with Gasteiger partial charge in [-0.15, -0.1) is 11.8 Å². The van der Waals surface area contributed by atoms with Crippen molar-refractivity contribution in [2.75, 3.05) is 5.75 Å². The van der Waals surface area contributed by atoms with E-state index in [9.17, 15) is 4.79 Å². The van der Waals surface area contributed by atoms with Crippen LogP contribution in [0.25, 0.3) is 0 Å². The molecule has 0 aliphatic carbocycles. The maximum absolute atomic E-state index is 11.7. The number of thioether (sulfide) groups is 1. The fourth-order valence-corrected chi connectivity index (χ4v) is 2.29. The van der Waals surface area contributed by atoms with E-state index in [1.807, 2.05) is 36.4 Å². The molecule has 98 valence electrons. The molecule has 1 heterocycles. The molecule has 1 aromatic carbocycles. The lowest BCUT2D eigenvalue weighted by molar-refractivity contribution is -0.118. The van der Waals surface area contributed by atoms with Gasteiger partial charge in [0, 0.05) is 28.9 Å². The second-order valence-electron chi connectivity index (χ2n) is 3.88. The SMILES string of the molecule is O=C(CSc1ccc(Cl)cc1)NCc1cccnc1. The van der Waals surface area contributed by atoms with E-state index in [1.165, 1.54) is 11.8 Å². The predicted molar refractivity (Wildman–Crippen MR) is 78.3 cm³/mol. The normalized spacial score (nSPS) is 10.2.